The van der Waals surface area contributed by atoms with Gasteiger partial charge in [0, 0.05) is 50.9 Å². The Morgan fingerprint density at radius 3 is 1.99 bits per heavy atom. The highest BCUT2D eigenvalue weighted by Crippen LogP contribution is 2.27. The summed E-state index contributed by atoms with van der Waals surface area (Å²) in [6.45, 7) is 3.60. The molecule has 23 nitrogen and oxygen atoms in total. The normalized spacial score (nSPS) is 27.5. The number of benzene rings is 3. The summed E-state index contributed by atoms with van der Waals surface area (Å²) in [5.74, 6) is -7.65. The van der Waals surface area contributed by atoms with E-state index in [1.165, 1.54) is 69.0 Å². The van der Waals surface area contributed by atoms with Crippen LogP contribution in [0, 0.1) is 5.92 Å². The third-order valence-corrected chi connectivity index (χ3v) is 14.4. The van der Waals surface area contributed by atoms with Gasteiger partial charge >= 0.3 is 0 Å². The highest BCUT2D eigenvalue weighted by Gasteiger charge is 2.49. The first kappa shape index (κ1) is 60.5. The predicted octanol–water partition coefficient (Wildman–Crippen LogP) is -0.649. The Bertz CT molecular complexity index is 2520. The molecule has 0 radical (unpaired) electrons. The molecule has 0 aromatic heterocycles. The number of aliphatic hydroxyl groups is 6. The average molecular weight is 1090 g/mol. The van der Waals surface area contributed by atoms with Crippen molar-refractivity contribution in [1.82, 2.24) is 36.4 Å². The first-order valence-corrected chi connectivity index (χ1v) is 26.5. The molecule has 2 unspecified atom stereocenters. The zero-order valence-electron chi connectivity index (χ0n) is 44.3. The van der Waals surface area contributed by atoms with Crippen LogP contribution in [0.15, 0.2) is 72.8 Å². The fourth-order valence-electron chi connectivity index (χ4n) is 9.91. The predicted molar refractivity (Wildman–Crippen MR) is 281 cm³/mol. The molecule has 7 amide bonds. The molecule has 6 rings (SSSR count). The molecule has 3 aliphatic rings. The van der Waals surface area contributed by atoms with Gasteiger partial charge in [-0.25, -0.2) is 0 Å². The van der Waals surface area contributed by atoms with Gasteiger partial charge in [-0.05, 0) is 66.4 Å². The number of carbonyl (C=O) groups excluding carboxylic acids is 7. The lowest BCUT2D eigenvalue weighted by atomic mass is 10.00. The lowest BCUT2D eigenvalue weighted by Crippen LogP contribution is -2.63. The van der Waals surface area contributed by atoms with E-state index in [1.807, 2.05) is 24.3 Å². The number of aromatic hydroxyl groups is 1. The zero-order valence-corrected chi connectivity index (χ0v) is 44.3. The minimum Gasteiger partial charge on any atom is -0.508 e. The van der Waals surface area contributed by atoms with Crippen LogP contribution in [0.25, 0.3) is 11.1 Å². The van der Waals surface area contributed by atoms with E-state index in [0.29, 0.717) is 17.9 Å². The molecule has 3 aromatic carbocycles. The second kappa shape index (κ2) is 28.2. The Hall–Kier alpha value is -6.73. The number of phenols is 1. The summed E-state index contributed by atoms with van der Waals surface area (Å²) in [4.78, 5) is 102. The van der Waals surface area contributed by atoms with E-state index >= 15 is 0 Å². The van der Waals surface area contributed by atoms with Gasteiger partial charge in [-0.1, -0.05) is 82.3 Å². The Kier molecular flexibility index (Phi) is 21.9. The molecule has 12 N–H and O–H groups in total. The second-order valence-corrected chi connectivity index (χ2v) is 20.4. The number of nitrogens with one attached hydrogen (secondary N) is 5. The van der Waals surface area contributed by atoms with Crippen LogP contribution in [-0.2, 0) is 39.9 Å². The van der Waals surface area contributed by atoms with Gasteiger partial charge in [0.1, 0.15) is 53.9 Å². The smallest absolute Gasteiger partial charge is 0.251 e. The molecule has 13 atom stereocenters. The molecule has 3 saturated heterocycles. The summed E-state index contributed by atoms with van der Waals surface area (Å²) < 4.78 is 11.4. The monoisotopic (exact) mass is 1090 g/mol. The fraction of sp³-hybridized carbons (Fsp3) is 0.545. The maximum atomic E-state index is 14.5. The highest BCUT2D eigenvalue weighted by atomic mass is 16.5. The van der Waals surface area contributed by atoms with Crippen molar-refractivity contribution >= 4 is 41.4 Å². The van der Waals surface area contributed by atoms with E-state index in [-0.39, 0.29) is 24.3 Å². The van der Waals surface area contributed by atoms with Crippen molar-refractivity contribution in [1.29, 1.82) is 0 Å². The largest absolute Gasteiger partial charge is 0.508 e. The zero-order chi connectivity index (χ0) is 56.8. The van der Waals surface area contributed by atoms with Gasteiger partial charge in [0.25, 0.3) is 5.91 Å². The third-order valence-electron chi connectivity index (χ3n) is 14.4. The summed E-state index contributed by atoms with van der Waals surface area (Å²) >= 11 is 0. The maximum absolute atomic E-state index is 14.5. The first-order valence-electron chi connectivity index (χ1n) is 26.5. The number of phenolic OH excluding ortho intramolecular Hbond substituents is 1. The van der Waals surface area contributed by atoms with E-state index < -0.39 is 146 Å². The van der Waals surface area contributed by atoms with Crippen LogP contribution >= 0.6 is 0 Å². The number of ether oxygens (including phenoxy) is 2. The molecule has 3 heterocycles. The van der Waals surface area contributed by atoms with Crippen LogP contribution in [0.3, 0.4) is 0 Å². The van der Waals surface area contributed by atoms with Crippen molar-refractivity contribution in [2.45, 2.75) is 152 Å². The lowest BCUT2D eigenvalue weighted by Gasteiger charge is -2.32. The number of hydrogen-bond donors (Lipinski definition) is 12. The molecular formula is C55H75N7O16. The van der Waals surface area contributed by atoms with Gasteiger partial charge in [0.15, 0.2) is 6.23 Å². The van der Waals surface area contributed by atoms with E-state index in [9.17, 15) is 69.3 Å². The maximum Gasteiger partial charge on any atom is 0.251 e. The number of hydrogen-bond acceptors (Lipinski definition) is 16. The summed E-state index contributed by atoms with van der Waals surface area (Å²) in [7, 11) is 1.10. The number of nitrogens with zero attached hydrogens (tertiary/aromatic N) is 2. The van der Waals surface area contributed by atoms with Crippen molar-refractivity contribution in [2.75, 3.05) is 33.4 Å². The molecule has 426 valence electrons. The van der Waals surface area contributed by atoms with Gasteiger partial charge < -0.3 is 81.6 Å². The van der Waals surface area contributed by atoms with Gasteiger partial charge in [0.05, 0.1) is 37.6 Å². The second-order valence-electron chi connectivity index (χ2n) is 20.4. The van der Waals surface area contributed by atoms with Gasteiger partial charge in [-0.2, -0.15) is 0 Å². The lowest BCUT2D eigenvalue weighted by molar-refractivity contribution is -0.147. The number of unbranched alkanes of at least 4 members (excludes halogenated alkanes) is 5. The summed E-state index contributed by atoms with van der Waals surface area (Å²) in [5, 5.41) is 89.0. The standard InChI is InChI=1S/C55H75N7O16/c1-5-6-7-8-9-10-23-78-38-21-17-34(18-22-38)33-13-15-35(16-14-33)48(70)56-39-26-43(68)53(77-4)60-52(74)46-47(69)30(2)27-62(46)54(75)40(29-63)57-51(73)45(42(67)24-32-11-19-36(65)20-12-32)59-50(72)41-25-37(66)28-61(41)55(76)44(31(3)64)58-49(39)71/h11-22,30-31,37,39-47,53,63-69H,5-10,23-29H2,1-4H3,(H,56,70)(H,57,73)(H,58,71)(H,59,72)(H,60,74)/t30-,31+,37+,39-,40-,41-,42+,43?,44-,45-,46-,47-,53?/m0/s1. The van der Waals surface area contributed by atoms with Crippen LogP contribution in [0.5, 0.6) is 11.5 Å². The van der Waals surface area contributed by atoms with E-state index in [2.05, 4.69) is 33.5 Å². The number of amides is 7. The molecule has 0 bridgehead atoms. The summed E-state index contributed by atoms with van der Waals surface area (Å²) in [6.07, 6.45) is -4.60. The van der Waals surface area contributed by atoms with Crippen LogP contribution in [0.1, 0.15) is 88.1 Å². The average Bonchev–Trinajstić information content (AvgIpc) is 3.99. The van der Waals surface area contributed by atoms with Crippen molar-refractivity contribution in [3.63, 3.8) is 0 Å². The van der Waals surface area contributed by atoms with E-state index in [1.54, 1.807) is 12.1 Å². The van der Waals surface area contributed by atoms with Gasteiger partial charge in [-0.3, -0.25) is 33.6 Å². The first-order chi connectivity index (χ1) is 37.2. The molecule has 23 heteroatoms. The summed E-state index contributed by atoms with van der Waals surface area (Å²) in [6, 6.07) is 8.59. The van der Waals surface area contributed by atoms with E-state index in [0.717, 1.165) is 47.8 Å². The van der Waals surface area contributed by atoms with Crippen LogP contribution in [0.4, 0.5) is 0 Å². The highest BCUT2D eigenvalue weighted by molar-refractivity contribution is 6.00. The topological polar surface area (TPSA) is 346 Å². The van der Waals surface area contributed by atoms with Gasteiger partial charge in [0.2, 0.25) is 35.4 Å². The Morgan fingerprint density at radius 2 is 1.36 bits per heavy atom. The number of carbonyl (C=O) groups is 7. The van der Waals surface area contributed by atoms with Crippen molar-refractivity contribution in [2.24, 2.45) is 5.92 Å². The van der Waals surface area contributed by atoms with Crippen LogP contribution in [0.2, 0.25) is 0 Å². The van der Waals surface area contributed by atoms with Crippen molar-refractivity contribution < 1.29 is 78.8 Å². The van der Waals surface area contributed by atoms with Crippen molar-refractivity contribution in [3.05, 3.63) is 83.9 Å². The molecule has 0 saturated carbocycles. The van der Waals surface area contributed by atoms with Gasteiger partial charge in [-0.15, -0.1) is 0 Å². The fourth-order valence-corrected chi connectivity index (χ4v) is 9.91. The number of aliphatic hydroxyl groups excluding tert-OH is 6. The summed E-state index contributed by atoms with van der Waals surface area (Å²) in [5.41, 5.74) is 2.01. The SMILES string of the molecule is CCCCCCCCOc1ccc(-c2ccc(C(=O)N[C@H]3CC(O)C(OC)NC(=O)[C@@H]4[C@@H](O)[C@@H](C)CN4C(=O)[C@H](CO)NC(=O)[C@H]([C@H](O)Cc4ccc(O)cc4)NC(=O)[C@@H]4C[C@@H](O)CN4C(=O)[C@H]([C@@H](C)O)NC3=O)cc2)cc1. The van der Waals surface area contributed by atoms with E-state index in [4.69, 9.17) is 9.47 Å². The van der Waals surface area contributed by atoms with Crippen LogP contribution in [-0.4, -0.2) is 193 Å². The minimum atomic E-state index is -1.94. The quantitative estimate of drug-likeness (QED) is 0.0748. The number of fused-ring (bicyclic) bond motifs is 2. The molecule has 3 aliphatic heterocycles. The number of rotatable bonds is 17. The molecular weight excluding hydrogens is 1010 g/mol. The minimum absolute atomic E-state index is 0.0664. The van der Waals surface area contributed by atoms with Crippen LogP contribution < -0.4 is 31.3 Å². The molecule has 0 aliphatic carbocycles. The third kappa shape index (κ3) is 15.5. The van der Waals surface area contributed by atoms with Crippen molar-refractivity contribution in [3.8, 4) is 22.6 Å². The Morgan fingerprint density at radius 1 is 0.731 bits per heavy atom. The Labute approximate surface area is 452 Å². The number of methoxy groups -OCH3 is 1. The molecule has 3 fully saturated rings. The molecule has 78 heavy (non-hydrogen) atoms. The Balaban J connectivity index is 1.30. The molecule has 3 aromatic rings. The molecule has 0 spiro atoms.